The van der Waals surface area contributed by atoms with Crippen LogP contribution in [0.4, 0.5) is 34.1 Å². The molecule has 6 aliphatic rings. The molecule has 6 aliphatic carbocycles. The number of hydrogen-bond donors (Lipinski definition) is 0. The van der Waals surface area contributed by atoms with Crippen LogP contribution in [0, 0.1) is 23.7 Å². The Bertz CT molecular complexity index is 5480. The molecule has 0 atom stereocenters. The van der Waals surface area contributed by atoms with Crippen LogP contribution in [0.3, 0.4) is 0 Å². The Labute approximate surface area is 557 Å². The van der Waals surface area contributed by atoms with Gasteiger partial charge < -0.3 is 18.6 Å². The fourth-order valence-corrected chi connectivity index (χ4v) is 19.5. The van der Waals surface area contributed by atoms with E-state index in [4.69, 9.17) is 8.83 Å². The number of benzene rings is 12. The quantitative estimate of drug-likeness (QED) is 0.152. The van der Waals surface area contributed by atoms with Gasteiger partial charge in [-0.1, -0.05) is 231 Å². The number of anilines is 6. The van der Waals surface area contributed by atoms with Gasteiger partial charge in [0, 0.05) is 66.0 Å². The number of para-hydroxylation sites is 4. The van der Waals surface area contributed by atoms with Crippen molar-refractivity contribution in [1.82, 2.24) is 0 Å². The average molecular weight is 1230 g/mol. The summed E-state index contributed by atoms with van der Waals surface area (Å²) in [6, 6.07) is 91.9. The van der Waals surface area contributed by atoms with Crippen molar-refractivity contribution in [2.45, 2.75) is 109 Å². The number of nitrogens with zero attached hydrogens (tertiary/aromatic N) is 2. The van der Waals surface area contributed by atoms with Crippen LogP contribution >= 0.6 is 0 Å². The Morgan fingerprint density at radius 3 is 1.33 bits per heavy atom. The zero-order chi connectivity index (χ0) is 64.0. The van der Waals surface area contributed by atoms with E-state index >= 15 is 0 Å². The lowest BCUT2D eigenvalue weighted by atomic mass is 9.43. The molecule has 4 nitrogen and oxygen atoms in total. The van der Waals surface area contributed by atoms with E-state index in [1.165, 1.54) is 121 Å². The van der Waals surface area contributed by atoms with Crippen molar-refractivity contribution in [3.63, 3.8) is 0 Å². The molecule has 0 radical (unpaired) electrons. The van der Waals surface area contributed by atoms with Gasteiger partial charge in [0.2, 0.25) is 0 Å². The first kappa shape index (κ1) is 56.6. The highest BCUT2D eigenvalue weighted by molar-refractivity contribution is 6.16. The number of fused-ring (bicyclic) bond motifs is 14. The second-order valence-corrected chi connectivity index (χ2v) is 31.2. The molecule has 0 unspecified atom stereocenters. The maximum atomic E-state index is 7.40. The average Bonchev–Trinajstić information content (AvgIpc) is 1.52. The molecule has 0 N–H and O–H groups in total. The van der Waals surface area contributed by atoms with E-state index in [0.717, 1.165) is 84.1 Å². The Hall–Kier alpha value is -9.90. The van der Waals surface area contributed by atoms with Gasteiger partial charge in [0.1, 0.15) is 11.2 Å². The molecule has 1 spiro atoms. The molecule has 464 valence electrons. The summed E-state index contributed by atoms with van der Waals surface area (Å²) in [5.74, 6) is 2.64. The van der Waals surface area contributed by atoms with Crippen LogP contribution in [0.25, 0.3) is 99.2 Å². The molecule has 4 fully saturated rings. The molecule has 0 aliphatic heterocycles. The van der Waals surface area contributed by atoms with Crippen molar-refractivity contribution in [2.75, 3.05) is 9.80 Å². The van der Waals surface area contributed by atoms with E-state index in [1.807, 2.05) is 0 Å². The summed E-state index contributed by atoms with van der Waals surface area (Å²) in [4.78, 5) is 5.05. The predicted molar refractivity (Wildman–Crippen MR) is 397 cm³/mol. The molecule has 4 saturated carbocycles. The Morgan fingerprint density at radius 2 is 0.768 bits per heavy atom. The molecular weight excluding hydrogens is 1150 g/mol. The van der Waals surface area contributed by atoms with Gasteiger partial charge in [0.15, 0.2) is 11.2 Å². The summed E-state index contributed by atoms with van der Waals surface area (Å²) in [6.07, 6.45) is 6.52. The van der Waals surface area contributed by atoms with Crippen LogP contribution < -0.4 is 9.80 Å². The van der Waals surface area contributed by atoms with Crippen LogP contribution in [0.2, 0.25) is 0 Å². The van der Waals surface area contributed by atoms with Gasteiger partial charge >= 0.3 is 0 Å². The lowest BCUT2D eigenvalue weighted by Crippen LogP contribution is -2.55. The maximum absolute atomic E-state index is 7.40. The molecule has 4 heteroatoms. The van der Waals surface area contributed by atoms with Gasteiger partial charge in [0.25, 0.3) is 0 Å². The first-order valence-electron chi connectivity index (χ1n) is 34.8. The van der Waals surface area contributed by atoms with Crippen molar-refractivity contribution >= 4 is 88.8 Å². The normalized spacial score (nSPS) is 19.7. The minimum atomic E-state index is -0.339. The zero-order valence-corrected chi connectivity index (χ0v) is 55.6. The fourth-order valence-electron chi connectivity index (χ4n) is 19.5. The molecule has 0 saturated heterocycles. The van der Waals surface area contributed by atoms with Crippen molar-refractivity contribution in [3.8, 4) is 44.5 Å². The lowest BCUT2D eigenvalue weighted by Gasteiger charge is -2.61. The Kier molecular flexibility index (Phi) is 12.1. The molecule has 0 amide bonds. The van der Waals surface area contributed by atoms with Gasteiger partial charge in [-0.05, 0) is 205 Å². The molecule has 20 rings (SSSR count). The molecule has 4 bridgehead atoms. The van der Waals surface area contributed by atoms with Crippen LogP contribution in [0.15, 0.2) is 251 Å². The minimum Gasteiger partial charge on any atom is -0.454 e. The standard InChI is InChI=1S/C91H78N2O2/c1-88(2,3)74-37-19-33-68-70-35-21-39-80(86(70)94-84(68)74)92(62-29-17-27-58(48-62)56-23-11-9-12-24-56)64-41-42-65-72-51-78-73(52-77(72)90(7,8)76(65)50-64)83-67-32-16-15-31-66(67)82(53-79(83)91(78)60-44-54-43-55(46-60)47-61(91)45-54)93(63-30-18-28-59(49-63)57-25-13-10-14-26-57)81-40-22-36-71-69-34-20-38-75(89(4,5)6)85(69)95-87(71)81/h9-42,48-55,60-61H,43-47H2,1-8H3. The van der Waals surface area contributed by atoms with Gasteiger partial charge in [-0.15, -0.1) is 0 Å². The van der Waals surface area contributed by atoms with E-state index < -0.39 is 0 Å². The SMILES string of the molecule is CC(C)(C)c1cccc2c1oc1c(N(c3cccc(-c4ccccc4)c3)c3ccc4c(c3)C(C)(C)c3cc5c(cc3-4)C3(c4cc(N(c6cccc(-c7ccccc7)c6)c6cccc7c6oc6c(C(C)(C)C)cccc67)c6ccccc6c4-5)C4CC5CC(C4)CC3C5)cccc12. The third kappa shape index (κ3) is 8.25. The summed E-state index contributed by atoms with van der Waals surface area (Å²) in [5, 5.41) is 7.12. The molecular formula is C91H78N2O2. The first-order valence-corrected chi connectivity index (χ1v) is 34.8. The highest BCUT2D eigenvalue weighted by Gasteiger charge is 2.62. The van der Waals surface area contributed by atoms with Crippen molar-refractivity contribution in [2.24, 2.45) is 23.7 Å². The van der Waals surface area contributed by atoms with E-state index in [9.17, 15) is 0 Å². The summed E-state index contributed by atoms with van der Waals surface area (Å²) >= 11 is 0. The predicted octanol–water partition coefficient (Wildman–Crippen LogP) is 25.5. The molecule has 2 heterocycles. The number of hydrogen-bond acceptors (Lipinski definition) is 4. The van der Waals surface area contributed by atoms with E-state index in [0.29, 0.717) is 11.8 Å². The molecule has 12 aromatic carbocycles. The van der Waals surface area contributed by atoms with Crippen molar-refractivity contribution in [1.29, 1.82) is 0 Å². The second kappa shape index (κ2) is 20.3. The van der Waals surface area contributed by atoms with Crippen molar-refractivity contribution in [3.05, 3.63) is 276 Å². The largest absolute Gasteiger partial charge is 0.454 e. The van der Waals surface area contributed by atoms with Crippen LogP contribution in [-0.2, 0) is 21.7 Å². The monoisotopic (exact) mass is 1230 g/mol. The first-order chi connectivity index (χ1) is 46.1. The molecule has 95 heavy (non-hydrogen) atoms. The smallest absolute Gasteiger partial charge is 0.159 e. The third-order valence-corrected chi connectivity index (χ3v) is 23.4. The molecule has 2 aromatic heterocycles. The number of rotatable bonds is 8. The Balaban J connectivity index is 0.824. The van der Waals surface area contributed by atoms with Crippen LogP contribution in [0.5, 0.6) is 0 Å². The lowest BCUT2D eigenvalue weighted by molar-refractivity contribution is -0.0398. The zero-order valence-electron chi connectivity index (χ0n) is 55.6. The fraction of sp³-hybridized carbons (Fsp3) is 0.231. The highest BCUT2D eigenvalue weighted by Crippen LogP contribution is 2.72. The second-order valence-electron chi connectivity index (χ2n) is 31.2. The highest BCUT2D eigenvalue weighted by atomic mass is 16.3. The van der Waals surface area contributed by atoms with Gasteiger partial charge in [-0.25, -0.2) is 0 Å². The van der Waals surface area contributed by atoms with E-state index in [1.54, 1.807) is 5.56 Å². The van der Waals surface area contributed by atoms with Crippen LogP contribution in [0.1, 0.15) is 121 Å². The topological polar surface area (TPSA) is 32.8 Å². The molecule has 14 aromatic rings. The minimum absolute atomic E-state index is 0.104. The Morgan fingerprint density at radius 1 is 0.326 bits per heavy atom. The summed E-state index contributed by atoms with van der Waals surface area (Å²) < 4.78 is 14.6. The number of furan rings is 2. The van der Waals surface area contributed by atoms with E-state index in [-0.39, 0.29) is 21.7 Å². The third-order valence-electron chi connectivity index (χ3n) is 23.4. The summed E-state index contributed by atoms with van der Waals surface area (Å²) in [7, 11) is 0. The van der Waals surface area contributed by atoms with E-state index in [2.05, 4.69) is 308 Å². The van der Waals surface area contributed by atoms with Gasteiger partial charge in [-0.2, -0.15) is 0 Å². The summed E-state index contributed by atoms with van der Waals surface area (Å²) in [5.41, 5.74) is 28.2. The van der Waals surface area contributed by atoms with Crippen molar-refractivity contribution < 1.29 is 8.83 Å². The maximum Gasteiger partial charge on any atom is 0.159 e. The summed E-state index contributed by atoms with van der Waals surface area (Å²) in [6.45, 7) is 18.7. The van der Waals surface area contributed by atoms with Crippen LogP contribution in [-0.4, -0.2) is 0 Å². The van der Waals surface area contributed by atoms with Gasteiger partial charge in [0.05, 0.1) is 17.1 Å². The van der Waals surface area contributed by atoms with Gasteiger partial charge in [-0.3, -0.25) is 0 Å².